The first-order valence-corrected chi connectivity index (χ1v) is 6.95. The van der Waals surface area contributed by atoms with Gasteiger partial charge < -0.3 is 10.4 Å². The summed E-state index contributed by atoms with van der Waals surface area (Å²) >= 11 is 0. The van der Waals surface area contributed by atoms with Crippen LogP contribution in [0.25, 0.3) is 0 Å². The first-order chi connectivity index (χ1) is 7.83. The monoisotopic (exact) mass is 242 g/mol. The minimum atomic E-state index is 0.163. The number of nitrogens with one attached hydrogen (secondary N) is 1. The summed E-state index contributed by atoms with van der Waals surface area (Å²) in [4.78, 5) is 2.46. The molecule has 3 nitrogen and oxygen atoms in total. The van der Waals surface area contributed by atoms with E-state index in [1.165, 1.54) is 6.42 Å². The lowest BCUT2D eigenvalue weighted by Crippen LogP contribution is -2.64. The number of nitrogens with zero attached hydrogens (tertiary/aromatic N) is 1. The van der Waals surface area contributed by atoms with Crippen LogP contribution in [-0.4, -0.2) is 46.8 Å². The highest BCUT2D eigenvalue weighted by Crippen LogP contribution is 2.37. The Hall–Kier alpha value is -0.120. The van der Waals surface area contributed by atoms with Crippen molar-refractivity contribution in [2.75, 3.05) is 19.7 Å². The van der Waals surface area contributed by atoms with Crippen molar-refractivity contribution in [1.82, 2.24) is 10.2 Å². The number of piperidine rings is 1. The summed E-state index contributed by atoms with van der Waals surface area (Å²) in [6, 6.07) is 0.606. The van der Waals surface area contributed by atoms with Crippen LogP contribution in [0.5, 0.6) is 0 Å². The Morgan fingerprint density at radius 2 is 1.71 bits per heavy atom. The van der Waals surface area contributed by atoms with Gasteiger partial charge in [-0.2, -0.15) is 0 Å². The van der Waals surface area contributed by atoms with Gasteiger partial charge in [-0.1, -0.05) is 6.92 Å². The Bertz CT molecular complexity index is 220. The zero-order chi connectivity index (χ0) is 13.1. The normalized spacial score (nSPS) is 25.1. The summed E-state index contributed by atoms with van der Waals surface area (Å²) in [5.74, 6) is 0. The van der Waals surface area contributed by atoms with Crippen LogP contribution in [0.15, 0.2) is 0 Å². The number of likely N-dealkylation sites (tertiary alicyclic amines) is 1. The molecule has 0 aliphatic carbocycles. The topological polar surface area (TPSA) is 35.5 Å². The van der Waals surface area contributed by atoms with Crippen molar-refractivity contribution in [2.45, 2.75) is 71.0 Å². The predicted octanol–water partition coefficient (Wildman–Crippen LogP) is 2.00. The van der Waals surface area contributed by atoms with E-state index < -0.39 is 0 Å². The van der Waals surface area contributed by atoms with Crippen molar-refractivity contribution in [3.05, 3.63) is 0 Å². The van der Waals surface area contributed by atoms with Gasteiger partial charge in [0, 0.05) is 23.7 Å². The van der Waals surface area contributed by atoms with Gasteiger partial charge in [0.1, 0.15) is 0 Å². The molecule has 3 heteroatoms. The van der Waals surface area contributed by atoms with Crippen LogP contribution in [0.4, 0.5) is 0 Å². The summed E-state index contributed by atoms with van der Waals surface area (Å²) < 4.78 is 0. The number of aliphatic hydroxyl groups excluding tert-OH is 1. The summed E-state index contributed by atoms with van der Waals surface area (Å²) in [6.07, 6.45) is 3.52. The second-order valence-corrected chi connectivity index (χ2v) is 6.56. The highest BCUT2D eigenvalue weighted by atomic mass is 16.3. The Morgan fingerprint density at radius 1 is 1.18 bits per heavy atom. The SMILES string of the molecule is CCCNC1CC(C)(C)N(CCO)C(C)(C)C1. The second kappa shape index (κ2) is 5.68. The fourth-order valence-electron chi connectivity index (χ4n) is 3.52. The third kappa shape index (κ3) is 3.67. The van der Waals surface area contributed by atoms with Gasteiger partial charge in [-0.25, -0.2) is 0 Å². The van der Waals surface area contributed by atoms with Gasteiger partial charge in [0.25, 0.3) is 0 Å². The summed E-state index contributed by atoms with van der Waals surface area (Å²) in [6.45, 7) is 13.5. The molecular formula is C14H30N2O. The molecule has 0 aromatic carbocycles. The minimum absolute atomic E-state index is 0.163. The van der Waals surface area contributed by atoms with Crippen LogP contribution in [0.3, 0.4) is 0 Å². The molecule has 1 heterocycles. The van der Waals surface area contributed by atoms with Crippen molar-refractivity contribution in [2.24, 2.45) is 0 Å². The average molecular weight is 242 g/mol. The van der Waals surface area contributed by atoms with Crippen LogP contribution in [0.1, 0.15) is 53.9 Å². The highest BCUT2D eigenvalue weighted by molar-refractivity contribution is 5.02. The summed E-state index contributed by atoms with van der Waals surface area (Å²) in [5.41, 5.74) is 0.325. The molecule has 1 aliphatic rings. The summed E-state index contributed by atoms with van der Waals surface area (Å²) in [7, 11) is 0. The first kappa shape index (κ1) is 14.9. The zero-order valence-corrected chi connectivity index (χ0v) is 12.2. The lowest BCUT2D eigenvalue weighted by Gasteiger charge is -2.55. The molecule has 17 heavy (non-hydrogen) atoms. The fourth-order valence-corrected chi connectivity index (χ4v) is 3.52. The predicted molar refractivity (Wildman–Crippen MR) is 73.3 cm³/mol. The molecule has 0 aromatic rings. The lowest BCUT2D eigenvalue weighted by atomic mass is 9.77. The zero-order valence-electron chi connectivity index (χ0n) is 12.2. The molecule has 0 amide bonds. The number of β-amino-alcohol motifs (C(OH)–C–C–N with tert-alkyl or cyclic N) is 1. The van der Waals surface area contributed by atoms with E-state index in [2.05, 4.69) is 44.8 Å². The molecule has 0 bridgehead atoms. The standard InChI is InChI=1S/C14H30N2O/c1-6-7-15-12-10-13(2,3)16(8-9-17)14(4,5)11-12/h12,15,17H,6-11H2,1-5H3. The molecule has 0 aromatic heterocycles. The molecular weight excluding hydrogens is 212 g/mol. The molecule has 0 saturated carbocycles. The van der Waals surface area contributed by atoms with Crippen LogP contribution in [0, 0.1) is 0 Å². The first-order valence-electron chi connectivity index (χ1n) is 6.95. The van der Waals surface area contributed by atoms with Crippen molar-refractivity contribution in [3.63, 3.8) is 0 Å². The molecule has 0 unspecified atom stereocenters. The van der Waals surface area contributed by atoms with Gasteiger partial charge in [-0.15, -0.1) is 0 Å². The Balaban J connectivity index is 2.73. The van der Waals surface area contributed by atoms with E-state index in [9.17, 15) is 5.11 Å². The van der Waals surface area contributed by atoms with Gasteiger partial charge in [0.15, 0.2) is 0 Å². The maximum atomic E-state index is 9.23. The van der Waals surface area contributed by atoms with Crippen LogP contribution in [0.2, 0.25) is 0 Å². The quantitative estimate of drug-likeness (QED) is 0.774. The van der Waals surface area contributed by atoms with E-state index in [-0.39, 0.29) is 17.7 Å². The number of hydrogen-bond acceptors (Lipinski definition) is 3. The molecule has 1 aliphatic heterocycles. The smallest absolute Gasteiger partial charge is 0.0558 e. The van der Waals surface area contributed by atoms with Crippen LogP contribution < -0.4 is 5.32 Å². The average Bonchev–Trinajstić information content (AvgIpc) is 2.19. The molecule has 0 radical (unpaired) electrons. The van der Waals surface area contributed by atoms with Gasteiger partial charge in [-0.05, 0) is 53.5 Å². The number of rotatable bonds is 5. The van der Waals surface area contributed by atoms with Gasteiger partial charge in [-0.3, -0.25) is 4.90 Å². The van der Waals surface area contributed by atoms with Gasteiger partial charge >= 0.3 is 0 Å². The fraction of sp³-hybridized carbons (Fsp3) is 1.00. The largest absolute Gasteiger partial charge is 0.395 e. The van der Waals surface area contributed by atoms with E-state index >= 15 is 0 Å². The highest BCUT2D eigenvalue weighted by Gasteiger charge is 2.44. The van der Waals surface area contributed by atoms with Crippen molar-refractivity contribution in [1.29, 1.82) is 0 Å². The van der Waals surface area contributed by atoms with E-state index in [1.54, 1.807) is 0 Å². The minimum Gasteiger partial charge on any atom is -0.395 e. The van der Waals surface area contributed by atoms with E-state index in [0.717, 1.165) is 25.9 Å². The third-order valence-corrected chi connectivity index (χ3v) is 3.96. The molecule has 1 saturated heterocycles. The molecule has 0 atom stereocenters. The molecule has 0 spiro atoms. The van der Waals surface area contributed by atoms with Crippen LogP contribution in [-0.2, 0) is 0 Å². The van der Waals surface area contributed by atoms with E-state index in [4.69, 9.17) is 0 Å². The third-order valence-electron chi connectivity index (χ3n) is 3.96. The molecule has 1 rings (SSSR count). The van der Waals surface area contributed by atoms with Crippen molar-refractivity contribution >= 4 is 0 Å². The van der Waals surface area contributed by atoms with Crippen molar-refractivity contribution in [3.8, 4) is 0 Å². The Morgan fingerprint density at radius 3 is 2.12 bits per heavy atom. The number of hydrogen-bond donors (Lipinski definition) is 2. The maximum absolute atomic E-state index is 9.23. The second-order valence-electron chi connectivity index (χ2n) is 6.56. The van der Waals surface area contributed by atoms with Gasteiger partial charge in [0.2, 0.25) is 0 Å². The Labute approximate surface area is 107 Å². The van der Waals surface area contributed by atoms with E-state index in [0.29, 0.717) is 6.04 Å². The molecule has 1 fully saturated rings. The van der Waals surface area contributed by atoms with Gasteiger partial charge in [0.05, 0.1) is 6.61 Å². The number of aliphatic hydroxyl groups is 1. The molecule has 102 valence electrons. The lowest BCUT2D eigenvalue weighted by molar-refractivity contribution is -0.0488. The maximum Gasteiger partial charge on any atom is 0.0558 e. The van der Waals surface area contributed by atoms with E-state index in [1.807, 2.05) is 0 Å². The Kier molecular flexibility index (Phi) is 4.99. The van der Waals surface area contributed by atoms with Crippen molar-refractivity contribution < 1.29 is 5.11 Å². The van der Waals surface area contributed by atoms with Crippen LogP contribution >= 0.6 is 0 Å². The molecule has 2 N–H and O–H groups in total. The summed E-state index contributed by atoms with van der Waals surface area (Å²) in [5, 5.41) is 12.9.